The molecule has 7 nitrogen and oxygen atoms in total. The fourth-order valence-corrected chi connectivity index (χ4v) is 2.76. The molecule has 1 fully saturated rings. The Kier molecular flexibility index (Phi) is 3.92. The van der Waals surface area contributed by atoms with E-state index in [1.54, 1.807) is 12.5 Å². The molecule has 0 bridgehead atoms. The van der Waals surface area contributed by atoms with Gasteiger partial charge < -0.3 is 15.0 Å². The maximum Gasteiger partial charge on any atom is 0.271 e. The maximum absolute atomic E-state index is 12.1. The highest BCUT2D eigenvalue weighted by atomic mass is 16.3. The Bertz CT molecular complexity index is 587. The van der Waals surface area contributed by atoms with E-state index in [9.17, 15) is 9.90 Å². The largest absolute Gasteiger partial charge is 0.389 e. The molecule has 1 aliphatic carbocycles. The number of aliphatic hydroxyl groups excluding tert-OH is 1. The van der Waals surface area contributed by atoms with Crippen molar-refractivity contribution in [3.05, 3.63) is 43.0 Å². The summed E-state index contributed by atoms with van der Waals surface area (Å²) in [4.78, 5) is 24.0. The molecule has 0 saturated heterocycles. The maximum atomic E-state index is 12.1. The second-order valence-electron chi connectivity index (χ2n) is 5.17. The summed E-state index contributed by atoms with van der Waals surface area (Å²) in [5, 5.41) is 13.3. The molecule has 0 spiro atoms. The van der Waals surface area contributed by atoms with Gasteiger partial charge in [0.15, 0.2) is 0 Å². The average molecular weight is 287 g/mol. The molecule has 1 amide bonds. The highest BCUT2D eigenvalue weighted by Crippen LogP contribution is 2.28. The summed E-state index contributed by atoms with van der Waals surface area (Å²) in [5.41, 5.74) is 0.259. The molecule has 110 valence electrons. The van der Waals surface area contributed by atoms with Crippen molar-refractivity contribution in [3.63, 3.8) is 0 Å². The van der Waals surface area contributed by atoms with Gasteiger partial charge in [-0.3, -0.25) is 9.78 Å². The van der Waals surface area contributed by atoms with Crippen LogP contribution in [-0.4, -0.2) is 42.7 Å². The Hall–Kier alpha value is -2.28. The average Bonchev–Trinajstić information content (AvgIpc) is 3.04. The first kappa shape index (κ1) is 13.7. The van der Waals surface area contributed by atoms with Crippen LogP contribution in [0.15, 0.2) is 37.3 Å². The van der Waals surface area contributed by atoms with Crippen LogP contribution < -0.4 is 5.32 Å². The van der Waals surface area contributed by atoms with Gasteiger partial charge in [0.05, 0.1) is 30.7 Å². The van der Waals surface area contributed by atoms with E-state index in [0.717, 1.165) is 19.3 Å². The second kappa shape index (κ2) is 6.01. The van der Waals surface area contributed by atoms with Crippen LogP contribution in [0.3, 0.4) is 0 Å². The van der Waals surface area contributed by atoms with Gasteiger partial charge in [-0.1, -0.05) is 0 Å². The van der Waals surface area contributed by atoms with Crippen molar-refractivity contribution in [2.45, 2.75) is 37.5 Å². The van der Waals surface area contributed by atoms with Gasteiger partial charge in [-0.15, -0.1) is 0 Å². The molecular weight excluding hydrogens is 270 g/mol. The van der Waals surface area contributed by atoms with E-state index < -0.39 is 6.10 Å². The van der Waals surface area contributed by atoms with Crippen LogP contribution in [0.2, 0.25) is 0 Å². The normalized spacial score (nSPS) is 25.5. The molecule has 3 atom stereocenters. The standard InChI is InChI=1S/C14H17N5O2/c20-13-10(18-14(21)11-8-15-4-5-17-11)2-1-3-12(13)19-7-6-16-9-19/h4-10,12-13,20H,1-3H2,(H,18,21)/t10-,12-,13-/m1/s1. The summed E-state index contributed by atoms with van der Waals surface area (Å²) >= 11 is 0. The third-order valence-corrected chi connectivity index (χ3v) is 3.84. The number of hydrogen-bond acceptors (Lipinski definition) is 5. The molecule has 2 heterocycles. The van der Waals surface area contributed by atoms with Crippen molar-refractivity contribution >= 4 is 5.91 Å². The fourth-order valence-electron chi connectivity index (χ4n) is 2.76. The fraction of sp³-hybridized carbons (Fsp3) is 0.429. The van der Waals surface area contributed by atoms with Crippen LogP contribution in [0.1, 0.15) is 35.8 Å². The van der Waals surface area contributed by atoms with Crippen LogP contribution >= 0.6 is 0 Å². The van der Waals surface area contributed by atoms with E-state index in [-0.39, 0.29) is 23.7 Å². The van der Waals surface area contributed by atoms with Crippen molar-refractivity contribution in [3.8, 4) is 0 Å². The van der Waals surface area contributed by atoms with Gasteiger partial charge in [0, 0.05) is 24.8 Å². The van der Waals surface area contributed by atoms with Crippen LogP contribution in [0.5, 0.6) is 0 Å². The Morgan fingerprint density at radius 2 is 2.19 bits per heavy atom. The molecule has 0 radical (unpaired) electrons. The molecular formula is C14H17N5O2. The Morgan fingerprint density at radius 3 is 2.90 bits per heavy atom. The minimum absolute atomic E-state index is 0.0617. The van der Waals surface area contributed by atoms with Gasteiger partial charge >= 0.3 is 0 Å². The first-order valence-electron chi connectivity index (χ1n) is 6.98. The van der Waals surface area contributed by atoms with Crippen molar-refractivity contribution in [1.82, 2.24) is 24.8 Å². The number of aliphatic hydroxyl groups is 1. The predicted octanol–water partition coefficient (Wildman–Crippen LogP) is 0.558. The SMILES string of the molecule is O=C(N[C@@H]1CCC[C@@H](n2ccnc2)[C@@H]1O)c1cnccn1. The Labute approximate surface area is 122 Å². The summed E-state index contributed by atoms with van der Waals surface area (Å²) in [6.07, 6.45) is 11.5. The molecule has 2 aromatic rings. The predicted molar refractivity (Wildman–Crippen MR) is 74.4 cm³/mol. The van der Waals surface area contributed by atoms with E-state index in [1.807, 2.05) is 10.8 Å². The van der Waals surface area contributed by atoms with E-state index in [2.05, 4.69) is 20.3 Å². The number of nitrogens with one attached hydrogen (secondary N) is 1. The zero-order chi connectivity index (χ0) is 14.7. The minimum Gasteiger partial charge on any atom is -0.389 e. The minimum atomic E-state index is -0.645. The van der Waals surface area contributed by atoms with Gasteiger partial charge in [0.1, 0.15) is 5.69 Å². The Balaban J connectivity index is 1.69. The van der Waals surface area contributed by atoms with Gasteiger partial charge in [-0.2, -0.15) is 0 Å². The van der Waals surface area contributed by atoms with Crippen LogP contribution in [0.4, 0.5) is 0 Å². The third kappa shape index (κ3) is 2.92. The van der Waals surface area contributed by atoms with Gasteiger partial charge in [-0.05, 0) is 19.3 Å². The lowest BCUT2D eigenvalue weighted by atomic mass is 9.88. The smallest absolute Gasteiger partial charge is 0.271 e. The highest BCUT2D eigenvalue weighted by Gasteiger charge is 2.33. The monoisotopic (exact) mass is 287 g/mol. The molecule has 3 rings (SSSR count). The number of carbonyl (C=O) groups excluding carboxylic acids is 1. The molecule has 0 aromatic carbocycles. The molecule has 2 N–H and O–H groups in total. The molecule has 2 aromatic heterocycles. The number of aromatic nitrogens is 4. The number of nitrogens with zero attached hydrogens (tertiary/aromatic N) is 4. The van der Waals surface area contributed by atoms with E-state index >= 15 is 0 Å². The number of imidazole rings is 1. The summed E-state index contributed by atoms with van der Waals surface area (Å²) in [7, 11) is 0. The number of carbonyl (C=O) groups is 1. The first-order chi connectivity index (χ1) is 10.3. The highest BCUT2D eigenvalue weighted by molar-refractivity contribution is 5.92. The van der Waals surface area contributed by atoms with Crippen molar-refractivity contribution < 1.29 is 9.90 Å². The van der Waals surface area contributed by atoms with Crippen molar-refractivity contribution in [2.75, 3.05) is 0 Å². The molecule has 0 unspecified atom stereocenters. The van der Waals surface area contributed by atoms with Crippen molar-refractivity contribution in [1.29, 1.82) is 0 Å². The van der Waals surface area contributed by atoms with Crippen LogP contribution in [0.25, 0.3) is 0 Å². The molecule has 21 heavy (non-hydrogen) atoms. The van der Waals surface area contributed by atoms with E-state index in [4.69, 9.17) is 0 Å². The molecule has 1 saturated carbocycles. The lowest BCUT2D eigenvalue weighted by Crippen LogP contribution is -2.49. The summed E-state index contributed by atoms with van der Waals surface area (Å²) in [6.45, 7) is 0. The molecule has 7 heteroatoms. The van der Waals surface area contributed by atoms with E-state index in [1.165, 1.54) is 18.6 Å². The molecule has 1 aliphatic rings. The lowest BCUT2D eigenvalue weighted by molar-refractivity contribution is 0.0397. The zero-order valence-corrected chi connectivity index (χ0v) is 11.5. The third-order valence-electron chi connectivity index (χ3n) is 3.84. The van der Waals surface area contributed by atoms with E-state index in [0.29, 0.717) is 0 Å². The van der Waals surface area contributed by atoms with Gasteiger partial charge in [0.2, 0.25) is 0 Å². The summed E-state index contributed by atoms with van der Waals surface area (Å²) in [5.74, 6) is -0.307. The van der Waals surface area contributed by atoms with Gasteiger partial charge in [-0.25, -0.2) is 9.97 Å². The number of rotatable bonds is 3. The molecule has 0 aliphatic heterocycles. The second-order valence-corrected chi connectivity index (χ2v) is 5.17. The first-order valence-corrected chi connectivity index (χ1v) is 6.98. The lowest BCUT2D eigenvalue weighted by Gasteiger charge is -2.35. The number of amides is 1. The van der Waals surface area contributed by atoms with Crippen LogP contribution in [0, 0.1) is 0 Å². The zero-order valence-electron chi connectivity index (χ0n) is 11.5. The quantitative estimate of drug-likeness (QED) is 0.860. The van der Waals surface area contributed by atoms with Crippen LogP contribution in [-0.2, 0) is 0 Å². The topological polar surface area (TPSA) is 92.9 Å². The summed E-state index contributed by atoms with van der Waals surface area (Å²) < 4.78 is 1.89. The van der Waals surface area contributed by atoms with Gasteiger partial charge in [0.25, 0.3) is 5.91 Å². The van der Waals surface area contributed by atoms with Crippen molar-refractivity contribution in [2.24, 2.45) is 0 Å². The summed E-state index contributed by atoms with van der Waals surface area (Å²) in [6, 6.07) is -0.353. The number of hydrogen-bond donors (Lipinski definition) is 2. The Morgan fingerprint density at radius 1 is 1.29 bits per heavy atom.